The van der Waals surface area contributed by atoms with E-state index in [4.69, 9.17) is 28.4 Å². The molecule has 0 radical (unpaired) electrons. The number of aromatic nitrogens is 1. The van der Waals surface area contributed by atoms with Crippen LogP contribution in [0.5, 0.6) is 23.0 Å². The lowest BCUT2D eigenvalue weighted by Gasteiger charge is -2.21. The van der Waals surface area contributed by atoms with Crippen LogP contribution in [-0.2, 0) is 22.4 Å². The first kappa shape index (κ1) is 23.9. The van der Waals surface area contributed by atoms with Crippen LogP contribution in [0.15, 0.2) is 35.1 Å². The van der Waals surface area contributed by atoms with Crippen LogP contribution in [0.25, 0.3) is 22.0 Å². The number of ether oxygens (including phenoxy) is 6. The molecule has 9 nitrogen and oxygen atoms in total. The van der Waals surface area contributed by atoms with Crippen molar-refractivity contribution in [3.8, 4) is 34.3 Å². The highest BCUT2D eigenvalue weighted by molar-refractivity contribution is 5.92. The Kier molecular flexibility index (Phi) is 7.56. The number of aliphatic hydroxyl groups is 1. The number of rotatable bonds is 11. The van der Waals surface area contributed by atoms with Gasteiger partial charge in [0, 0.05) is 25.8 Å². The Labute approximate surface area is 197 Å². The molecule has 1 N–H and O–H groups in total. The lowest BCUT2D eigenvalue weighted by molar-refractivity contribution is -0.0319. The standard InChI is InChI=1S/C25H29NO8/c1-29-14-32-10-4-8-26-24(16-5-6-20-23(11-16)34-15-33-20)17(7-9-27)18-12-21(30-2)22(31-3)13-19(18)25(26)28/h5-6,11-13,27H,4,7-10,14-15H2,1-3H3. The number of pyridine rings is 1. The number of hydrogen-bond acceptors (Lipinski definition) is 8. The zero-order valence-corrected chi connectivity index (χ0v) is 19.6. The van der Waals surface area contributed by atoms with Crippen molar-refractivity contribution in [2.24, 2.45) is 0 Å². The molecule has 0 bridgehead atoms. The summed E-state index contributed by atoms with van der Waals surface area (Å²) in [5.41, 5.74) is 2.16. The maximum Gasteiger partial charge on any atom is 0.259 e. The maximum absolute atomic E-state index is 13.8. The highest BCUT2D eigenvalue weighted by Crippen LogP contribution is 2.40. The second kappa shape index (κ2) is 10.8. The monoisotopic (exact) mass is 471 g/mol. The van der Waals surface area contributed by atoms with E-state index >= 15 is 0 Å². The van der Waals surface area contributed by atoms with Gasteiger partial charge in [0.1, 0.15) is 6.79 Å². The van der Waals surface area contributed by atoms with Crippen molar-refractivity contribution in [2.45, 2.75) is 19.4 Å². The Morgan fingerprint density at radius 1 is 1.00 bits per heavy atom. The van der Waals surface area contributed by atoms with Gasteiger partial charge in [0.05, 0.1) is 31.9 Å². The van der Waals surface area contributed by atoms with Gasteiger partial charge in [0.25, 0.3) is 5.56 Å². The van der Waals surface area contributed by atoms with Crippen molar-refractivity contribution < 1.29 is 33.5 Å². The third kappa shape index (κ3) is 4.54. The summed E-state index contributed by atoms with van der Waals surface area (Å²) in [6.07, 6.45) is 0.939. The maximum atomic E-state index is 13.8. The van der Waals surface area contributed by atoms with Crippen molar-refractivity contribution >= 4 is 10.8 Å². The van der Waals surface area contributed by atoms with E-state index in [0.29, 0.717) is 65.5 Å². The number of benzene rings is 2. The molecule has 182 valence electrons. The minimum Gasteiger partial charge on any atom is -0.493 e. The van der Waals surface area contributed by atoms with E-state index in [0.717, 1.165) is 11.1 Å². The fourth-order valence-electron chi connectivity index (χ4n) is 4.26. The summed E-state index contributed by atoms with van der Waals surface area (Å²) in [6, 6.07) is 9.08. The highest BCUT2D eigenvalue weighted by atomic mass is 16.7. The van der Waals surface area contributed by atoms with Gasteiger partial charge in [-0.3, -0.25) is 4.79 Å². The molecule has 9 heteroatoms. The molecule has 0 saturated carbocycles. The molecule has 2 heterocycles. The summed E-state index contributed by atoms with van der Waals surface area (Å²) in [5.74, 6) is 2.24. The van der Waals surface area contributed by atoms with Gasteiger partial charge in [-0.15, -0.1) is 0 Å². The SMILES string of the molecule is COCOCCCn1c(-c2ccc3c(c2)OCO3)c(CCO)c2cc(OC)c(OC)cc2c1=O. The largest absolute Gasteiger partial charge is 0.493 e. The predicted molar refractivity (Wildman–Crippen MR) is 126 cm³/mol. The fraction of sp³-hybridized carbons (Fsp3) is 0.400. The van der Waals surface area contributed by atoms with Crippen LogP contribution in [0.3, 0.4) is 0 Å². The summed E-state index contributed by atoms with van der Waals surface area (Å²) in [6.45, 7) is 1.10. The van der Waals surface area contributed by atoms with Crippen LogP contribution >= 0.6 is 0 Å². The molecule has 0 aliphatic carbocycles. The second-order valence-corrected chi connectivity index (χ2v) is 7.75. The van der Waals surface area contributed by atoms with Crippen molar-refractivity contribution in [2.75, 3.05) is 48.1 Å². The topological polar surface area (TPSA) is 97.6 Å². The number of nitrogens with zero attached hydrogens (tertiary/aromatic N) is 1. The Morgan fingerprint density at radius 3 is 2.44 bits per heavy atom. The average molecular weight is 472 g/mol. The lowest BCUT2D eigenvalue weighted by Crippen LogP contribution is -2.25. The molecule has 0 atom stereocenters. The van der Waals surface area contributed by atoms with E-state index in [-0.39, 0.29) is 25.8 Å². The summed E-state index contributed by atoms with van der Waals surface area (Å²) < 4.78 is 34.1. The Morgan fingerprint density at radius 2 is 1.74 bits per heavy atom. The minimum atomic E-state index is -0.169. The fourth-order valence-corrected chi connectivity index (χ4v) is 4.26. The number of aliphatic hydroxyl groups excluding tert-OH is 1. The number of methoxy groups -OCH3 is 3. The third-order valence-electron chi connectivity index (χ3n) is 5.76. The molecule has 1 aromatic heterocycles. The normalized spacial score (nSPS) is 12.4. The molecule has 0 unspecified atom stereocenters. The lowest BCUT2D eigenvalue weighted by atomic mass is 9.96. The molecule has 1 aliphatic rings. The van der Waals surface area contributed by atoms with E-state index < -0.39 is 0 Å². The summed E-state index contributed by atoms with van der Waals surface area (Å²) in [4.78, 5) is 13.8. The van der Waals surface area contributed by atoms with Gasteiger partial charge in [-0.1, -0.05) is 0 Å². The summed E-state index contributed by atoms with van der Waals surface area (Å²) >= 11 is 0. The van der Waals surface area contributed by atoms with Crippen LogP contribution in [0.1, 0.15) is 12.0 Å². The van der Waals surface area contributed by atoms with E-state index in [1.54, 1.807) is 30.9 Å². The van der Waals surface area contributed by atoms with Gasteiger partial charge in [-0.25, -0.2) is 0 Å². The van der Waals surface area contributed by atoms with Crippen LogP contribution in [-0.4, -0.2) is 57.8 Å². The molecular formula is C25H29NO8. The van der Waals surface area contributed by atoms with Gasteiger partial charge in [0.15, 0.2) is 23.0 Å². The van der Waals surface area contributed by atoms with Crippen molar-refractivity contribution in [1.29, 1.82) is 0 Å². The van der Waals surface area contributed by atoms with Crippen LogP contribution < -0.4 is 24.5 Å². The van der Waals surface area contributed by atoms with E-state index in [1.807, 2.05) is 18.2 Å². The number of hydrogen-bond donors (Lipinski definition) is 1. The Balaban J connectivity index is 1.95. The molecule has 3 aromatic rings. The molecule has 1 aliphatic heterocycles. The smallest absolute Gasteiger partial charge is 0.259 e. The van der Waals surface area contributed by atoms with Gasteiger partial charge >= 0.3 is 0 Å². The zero-order chi connectivity index (χ0) is 24.1. The second-order valence-electron chi connectivity index (χ2n) is 7.75. The quantitative estimate of drug-likeness (QED) is 0.337. The third-order valence-corrected chi connectivity index (χ3v) is 5.76. The van der Waals surface area contributed by atoms with Gasteiger partial charge < -0.3 is 38.1 Å². The summed E-state index contributed by atoms with van der Waals surface area (Å²) in [7, 11) is 4.65. The first-order valence-corrected chi connectivity index (χ1v) is 11.0. The van der Waals surface area contributed by atoms with E-state index in [1.165, 1.54) is 7.11 Å². The molecule has 2 aromatic carbocycles. The van der Waals surface area contributed by atoms with Crippen molar-refractivity contribution in [3.63, 3.8) is 0 Å². The minimum absolute atomic E-state index is 0.0872. The van der Waals surface area contributed by atoms with Crippen molar-refractivity contribution in [3.05, 3.63) is 46.2 Å². The van der Waals surface area contributed by atoms with Crippen molar-refractivity contribution in [1.82, 2.24) is 4.57 Å². The van der Waals surface area contributed by atoms with Gasteiger partial charge in [-0.2, -0.15) is 0 Å². The Bertz CT molecular complexity index is 1220. The van der Waals surface area contributed by atoms with Gasteiger partial charge in [0.2, 0.25) is 6.79 Å². The van der Waals surface area contributed by atoms with Crippen LogP contribution in [0, 0.1) is 0 Å². The molecule has 0 fully saturated rings. The highest BCUT2D eigenvalue weighted by Gasteiger charge is 2.22. The predicted octanol–water partition coefficient (Wildman–Crippen LogP) is 2.96. The first-order chi connectivity index (χ1) is 16.6. The van der Waals surface area contributed by atoms with Crippen LogP contribution in [0.4, 0.5) is 0 Å². The van der Waals surface area contributed by atoms with Gasteiger partial charge in [-0.05, 0) is 54.1 Å². The molecule has 0 spiro atoms. The molecular weight excluding hydrogens is 442 g/mol. The number of fused-ring (bicyclic) bond motifs is 2. The zero-order valence-electron chi connectivity index (χ0n) is 19.6. The molecule has 0 saturated heterocycles. The van der Waals surface area contributed by atoms with E-state index in [9.17, 15) is 9.90 Å². The Hall–Kier alpha value is -3.27. The molecule has 4 rings (SSSR count). The summed E-state index contributed by atoms with van der Waals surface area (Å²) in [5, 5.41) is 11.1. The van der Waals surface area contributed by atoms with E-state index in [2.05, 4.69) is 0 Å². The average Bonchev–Trinajstić information content (AvgIpc) is 3.33. The van der Waals surface area contributed by atoms with Crippen LogP contribution in [0.2, 0.25) is 0 Å². The molecule has 0 amide bonds. The molecule has 34 heavy (non-hydrogen) atoms. The first-order valence-electron chi connectivity index (χ1n) is 11.0.